The van der Waals surface area contributed by atoms with E-state index in [2.05, 4.69) is 4.98 Å². The molecule has 0 bridgehead atoms. The molecule has 0 unspecified atom stereocenters. The number of nitrogens with one attached hydrogen (secondary N) is 1. The maximum Gasteiger partial charge on any atom is 0.232 e. The zero-order chi connectivity index (χ0) is 10.9. The molecule has 0 aliphatic carbocycles. The monoisotopic (exact) mass is 243 g/mol. The standard InChI is InChI=1S/C10H10ClNO2S/c11-15(13,14)7-5-9-3-1-2-8-4-6-12-10(8)9/h1-4,6,12H,5,7H2. The van der Waals surface area contributed by atoms with Crippen LogP contribution in [0.25, 0.3) is 10.9 Å². The lowest BCUT2D eigenvalue weighted by Crippen LogP contribution is -2.01. The van der Waals surface area contributed by atoms with Crippen molar-refractivity contribution in [2.24, 2.45) is 0 Å². The van der Waals surface area contributed by atoms with Crippen molar-refractivity contribution >= 4 is 30.6 Å². The Hall–Kier alpha value is -1.00. The lowest BCUT2D eigenvalue weighted by Gasteiger charge is -2.01. The second-order valence-electron chi connectivity index (χ2n) is 3.35. The molecule has 0 spiro atoms. The van der Waals surface area contributed by atoms with E-state index in [1.165, 1.54) is 0 Å². The summed E-state index contributed by atoms with van der Waals surface area (Å²) >= 11 is 0. The van der Waals surface area contributed by atoms with E-state index in [1.807, 2.05) is 30.5 Å². The molecule has 0 radical (unpaired) electrons. The molecule has 0 fully saturated rings. The van der Waals surface area contributed by atoms with Gasteiger partial charge in [-0.25, -0.2) is 8.42 Å². The number of aromatic nitrogens is 1. The SMILES string of the molecule is O=S(=O)(Cl)CCc1cccc2cc[nH]c12. The van der Waals surface area contributed by atoms with E-state index in [0.717, 1.165) is 16.5 Å². The topological polar surface area (TPSA) is 49.9 Å². The highest BCUT2D eigenvalue weighted by Gasteiger charge is 2.08. The molecule has 0 amide bonds. The zero-order valence-corrected chi connectivity index (χ0v) is 9.48. The van der Waals surface area contributed by atoms with E-state index in [-0.39, 0.29) is 5.75 Å². The van der Waals surface area contributed by atoms with Gasteiger partial charge in [0.05, 0.1) is 5.75 Å². The van der Waals surface area contributed by atoms with Crippen molar-refractivity contribution in [3.05, 3.63) is 36.0 Å². The Morgan fingerprint density at radius 2 is 2.07 bits per heavy atom. The summed E-state index contributed by atoms with van der Waals surface area (Å²) in [6.07, 6.45) is 2.27. The highest BCUT2D eigenvalue weighted by atomic mass is 35.7. The molecule has 15 heavy (non-hydrogen) atoms. The van der Waals surface area contributed by atoms with Gasteiger partial charge in [0.25, 0.3) is 0 Å². The van der Waals surface area contributed by atoms with Crippen molar-refractivity contribution in [3.63, 3.8) is 0 Å². The van der Waals surface area contributed by atoms with E-state index >= 15 is 0 Å². The minimum atomic E-state index is -3.42. The van der Waals surface area contributed by atoms with E-state index in [9.17, 15) is 8.42 Å². The van der Waals surface area contributed by atoms with Crippen LogP contribution in [0, 0.1) is 0 Å². The van der Waals surface area contributed by atoms with Gasteiger partial charge in [-0.1, -0.05) is 18.2 Å². The third-order valence-electron chi connectivity index (χ3n) is 2.29. The molecule has 0 saturated heterocycles. The van der Waals surface area contributed by atoms with Crippen molar-refractivity contribution in [1.82, 2.24) is 4.98 Å². The summed E-state index contributed by atoms with van der Waals surface area (Å²) < 4.78 is 21.7. The van der Waals surface area contributed by atoms with Crippen LogP contribution in [0.4, 0.5) is 0 Å². The van der Waals surface area contributed by atoms with Gasteiger partial charge in [0.15, 0.2) is 0 Å². The summed E-state index contributed by atoms with van der Waals surface area (Å²) in [6, 6.07) is 7.74. The van der Waals surface area contributed by atoms with Crippen molar-refractivity contribution in [1.29, 1.82) is 0 Å². The van der Waals surface area contributed by atoms with E-state index < -0.39 is 9.05 Å². The first-order valence-corrected chi connectivity index (χ1v) is 7.01. The highest BCUT2D eigenvalue weighted by Crippen LogP contribution is 2.18. The number of H-pyrrole nitrogens is 1. The van der Waals surface area contributed by atoms with Crippen molar-refractivity contribution in [3.8, 4) is 0 Å². The van der Waals surface area contributed by atoms with Gasteiger partial charge in [-0.3, -0.25) is 0 Å². The molecule has 2 rings (SSSR count). The maximum atomic E-state index is 10.8. The quantitative estimate of drug-likeness (QED) is 0.841. The number of hydrogen-bond acceptors (Lipinski definition) is 2. The number of para-hydroxylation sites is 1. The molecule has 5 heteroatoms. The third-order valence-corrected chi connectivity index (χ3v) is 3.44. The third kappa shape index (κ3) is 2.52. The van der Waals surface area contributed by atoms with Gasteiger partial charge in [-0.2, -0.15) is 0 Å². The number of hydrogen-bond donors (Lipinski definition) is 1. The molecule has 1 heterocycles. The Bertz CT molecular complexity index is 574. The number of benzene rings is 1. The first-order chi connectivity index (χ1) is 7.06. The van der Waals surface area contributed by atoms with Crippen molar-refractivity contribution in [2.45, 2.75) is 6.42 Å². The van der Waals surface area contributed by atoms with Crippen LogP contribution in [0.15, 0.2) is 30.5 Å². The lowest BCUT2D eigenvalue weighted by molar-refractivity contribution is 0.609. The summed E-state index contributed by atoms with van der Waals surface area (Å²) in [4.78, 5) is 3.09. The summed E-state index contributed by atoms with van der Waals surface area (Å²) in [5, 5.41) is 1.08. The summed E-state index contributed by atoms with van der Waals surface area (Å²) in [7, 11) is 1.75. The van der Waals surface area contributed by atoms with E-state index in [1.54, 1.807) is 0 Å². The Balaban J connectivity index is 2.32. The fraction of sp³-hybridized carbons (Fsp3) is 0.200. The Labute approximate surface area is 92.5 Å². The number of rotatable bonds is 3. The second-order valence-corrected chi connectivity index (χ2v) is 6.25. The molecule has 0 aliphatic heterocycles. The van der Waals surface area contributed by atoms with Crippen LogP contribution < -0.4 is 0 Å². The van der Waals surface area contributed by atoms with Crippen LogP contribution in [-0.4, -0.2) is 19.2 Å². The molecular weight excluding hydrogens is 234 g/mol. The maximum absolute atomic E-state index is 10.8. The molecule has 0 aliphatic rings. The Morgan fingerprint density at radius 1 is 1.27 bits per heavy atom. The molecule has 80 valence electrons. The smallest absolute Gasteiger partial charge is 0.232 e. The largest absolute Gasteiger partial charge is 0.361 e. The highest BCUT2D eigenvalue weighted by molar-refractivity contribution is 8.13. The Kier molecular flexibility index (Phi) is 2.71. The van der Waals surface area contributed by atoms with Crippen LogP contribution in [0.1, 0.15) is 5.56 Å². The van der Waals surface area contributed by atoms with Gasteiger partial charge in [-0.05, 0) is 23.4 Å². The van der Waals surface area contributed by atoms with Crippen molar-refractivity contribution in [2.75, 3.05) is 5.75 Å². The van der Waals surface area contributed by atoms with Crippen LogP contribution in [-0.2, 0) is 15.5 Å². The number of fused-ring (bicyclic) bond motifs is 1. The average Bonchev–Trinajstić information content (AvgIpc) is 2.61. The van der Waals surface area contributed by atoms with E-state index in [4.69, 9.17) is 10.7 Å². The molecule has 2 aromatic rings. The first kappa shape index (κ1) is 10.5. The predicted molar refractivity (Wildman–Crippen MR) is 61.6 cm³/mol. The minimum Gasteiger partial charge on any atom is -0.361 e. The average molecular weight is 244 g/mol. The number of halogens is 1. The molecule has 1 N–H and O–H groups in total. The van der Waals surface area contributed by atoms with Gasteiger partial charge >= 0.3 is 0 Å². The molecule has 0 atom stereocenters. The van der Waals surface area contributed by atoms with Gasteiger partial charge in [0, 0.05) is 22.4 Å². The summed E-state index contributed by atoms with van der Waals surface area (Å²) in [6.45, 7) is 0. The predicted octanol–water partition coefficient (Wildman–Crippen LogP) is 2.28. The van der Waals surface area contributed by atoms with Crippen molar-refractivity contribution < 1.29 is 8.42 Å². The van der Waals surface area contributed by atoms with Crippen LogP contribution in [0.3, 0.4) is 0 Å². The molecule has 3 nitrogen and oxygen atoms in total. The second kappa shape index (κ2) is 3.87. The van der Waals surface area contributed by atoms with E-state index in [0.29, 0.717) is 6.42 Å². The normalized spacial score (nSPS) is 12.1. The first-order valence-electron chi connectivity index (χ1n) is 4.53. The zero-order valence-electron chi connectivity index (χ0n) is 7.90. The van der Waals surface area contributed by atoms with Crippen LogP contribution in [0.2, 0.25) is 0 Å². The minimum absolute atomic E-state index is 0.0350. The van der Waals surface area contributed by atoms with Crippen LogP contribution >= 0.6 is 10.7 Å². The van der Waals surface area contributed by atoms with Crippen LogP contribution in [0.5, 0.6) is 0 Å². The molecular formula is C10H10ClNO2S. The van der Waals surface area contributed by atoms with Gasteiger partial charge < -0.3 is 4.98 Å². The fourth-order valence-corrected chi connectivity index (χ4v) is 2.29. The molecule has 0 saturated carbocycles. The lowest BCUT2D eigenvalue weighted by atomic mass is 10.1. The van der Waals surface area contributed by atoms with Gasteiger partial charge in [0.1, 0.15) is 0 Å². The fourth-order valence-electron chi connectivity index (χ4n) is 1.59. The van der Waals surface area contributed by atoms with Gasteiger partial charge in [-0.15, -0.1) is 0 Å². The summed E-state index contributed by atoms with van der Waals surface area (Å²) in [5.74, 6) is -0.0350. The number of aromatic amines is 1. The number of aryl methyl sites for hydroxylation is 1. The Morgan fingerprint density at radius 3 is 2.80 bits per heavy atom. The molecule has 1 aromatic carbocycles. The molecule has 1 aromatic heterocycles. The summed E-state index contributed by atoms with van der Waals surface area (Å²) in [5.41, 5.74) is 1.96. The van der Waals surface area contributed by atoms with Gasteiger partial charge in [0.2, 0.25) is 9.05 Å².